The monoisotopic (exact) mass is 562 g/mol. The molecule has 0 unspecified atom stereocenters. The van der Waals surface area contributed by atoms with Crippen LogP contribution in [0.1, 0.15) is 67.9 Å². The van der Waals surface area contributed by atoms with Gasteiger partial charge in [-0.2, -0.15) is 0 Å². The molecule has 1 aliphatic carbocycles. The van der Waals surface area contributed by atoms with Crippen LogP contribution in [0.5, 0.6) is 0 Å². The quantitative estimate of drug-likeness (QED) is 0.476. The van der Waals surface area contributed by atoms with Gasteiger partial charge in [0.05, 0.1) is 11.9 Å². The molecule has 12 heteroatoms. The summed E-state index contributed by atoms with van der Waals surface area (Å²) in [5.41, 5.74) is 2.71. The second-order valence-electron chi connectivity index (χ2n) is 11.2. The van der Waals surface area contributed by atoms with Crippen LogP contribution in [0, 0.1) is 12.3 Å². The molecule has 1 amide bonds. The van der Waals surface area contributed by atoms with E-state index in [1.807, 2.05) is 28.9 Å². The van der Waals surface area contributed by atoms with Gasteiger partial charge in [0.15, 0.2) is 17.3 Å². The smallest absolute Gasteiger partial charge is 0.278 e. The van der Waals surface area contributed by atoms with Gasteiger partial charge in [-0.05, 0) is 68.2 Å². The number of halogens is 2. The SMILES string of the molecule is CCCS(=O)(=O)Nc1cnc(C(=O)Nc2cc(C)cc(N3CCC(F)(F)CC3)c2)c(N2CCC3(CC2)CC3)n1. The number of amides is 1. The number of nitrogens with zero attached hydrogens (tertiary/aromatic N) is 4. The van der Waals surface area contributed by atoms with Crippen molar-refractivity contribution in [3.8, 4) is 0 Å². The number of benzene rings is 1. The van der Waals surface area contributed by atoms with Gasteiger partial charge in [0.1, 0.15) is 0 Å². The number of aryl methyl sites for hydroxylation is 1. The lowest BCUT2D eigenvalue weighted by Crippen LogP contribution is -2.39. The molecule has 39 heavy (non-hydrogen) atoms. The lowest BCUT2D eigenvalue weighted by Gasteiger charge is -2.34. The van der Waals surface area contributed by atoms with Crippen LogP contribution in [-0.4, -0.2) is 62.1 Å². The van der Waals surface area contributed by atoms with E-state index in [0.717, 1.165) is 24.1 Å². The number of aromatic nitrogens is 2. The van der Waals surface area contributed by atoms with Crippen molar-refractivity contribution in [3.05, 3.63) is 35.7 Å². The van der Waals surface area contributed by atoms with Crippen LogP contribution in [0.2, 0.25) is 0 Å². The number of rotatable bonds is 8. The molecule has 1 spiro atoms. The third-order valence-corrected chi connectivity index (χ3v) is 9.43. The molecule has 3 heterocycles. The van der Waals surface area contributed by atoms with E-state index in [2.05, 4.69) is 20.0 Å². The fourth-order valence-electron chi connectivity index (χ4n) is 5.46. The van der Waals surface area contributed by atoms with Crippen molar-refractivity contribution in [3.63, 3.8) is 0 Å². The van der Waals surface area contributed by atoms with Gasteiger partial charge in [0, 0.05) is 50.4 Å². The molecule has 212 valence electrons. The van der Waals surface area contributed by atoms with Crippen LogP contribution in [0.15, 0.2) is 24.4 Å². The first kappa shape index (κ1) is 27.5. The maximum atomic E-state index is 13.7. The second kappa shape index (κ2) is 10.5. The van der Waals surface area contributed by atoms with Gasteiger partial charge in [-0.15, -0.1) is 0 Å². The third kappa shape index (κ3) is 6.59. The normalized spacial score (nSPS) is 20.1. The maximum Gasteiger partial charge on any atom is 0.278 e. The number of carbonyl (C=O) groups is 1. The van der Waals surface area contributed by atoms with E-state index >= 15 is 0 Å². The van der Waals surface area contributed by atoms with Crippen molar-refractivity contribution in [1.82, 2.24) is 9.97 Å². The molecule has 1 aromatic carbocycles. The number of alkyl halides is 2. The van der Waals surface area contributed by atoms with E-state index in [-0.39, 0.29) is 43.2 Å². The molecule has 2 saturated heterocycles. The van der Waals surface area contributed by atoms with Gasteiger partial charge in [-0.25, -0.2) is 27.2 Å². The Bertz CT molecular complexity index is 1330. The average Bonchev–Trinajstić information content (AvgIpc) is 3.62. The third-order valence-electron chi connectivity index (χ3n) is 7.96. The highest BCUT2D eigenvalue weighted by Crippen LogP contribution is 2.54. The molecular formula is C27H36F2N6O3S. The molecule has 2 aromatic rings. The number of carbonyl (C=O) groups excluding carboxylic acids is 1. The van der Waals surface area contributed by atoms with Gasteiger partial charge in [0.25, 0.3) is 11.8 Å². The van der Waals surface area contributed by atoms with Crippen molar-refractivity contribution in [1.29, 1.82) is 0 Å². The summed E-state index contributed by atoms with van der Waals surface area (Å²) in [6, 6.07) is 5.52. The minimum Gasteiger partial charge on any atom is -0.371 e. The van der Waals surface area contributed by atoms with Crippen molar-refractivity contribution >= 4 is 38.9 Å². The van der Waals surface area contributed by atoms with E-state index in [1.54, 1.807) is 13.0 Å². The summed E-state index contributed by atoms with van der Waals surface area (Å²) in [6.07, 6.45) is 5.77. The van der Waals surface area contributed by atoms with Gasteiger partial charge >= 0.3 is 0 Å². The first-order valence-corrected chi connectivity index (χ1v) is 15.3. The predicted molar refractivity (Wildman–Crippen MR) is 148 cm³/mol. The van der Waals surface area contributed by atoms with Crippen molar-refractivity contribution in [2.24, 2.45) is 5.41 Å². The van der Waals surface area contributed by atoms with Crippen LogP contribution in [-0.2, 0) is 10.0 Å². The maximum absolute atomic E-state index is 13.7. The highest BCUT2D eigenvalue weighted by atomic mass is 32.2. The Morgan fingerprint density at radius 1 is 1.00 bits per heavy atom. The highest BCUT2D eigenvalue weighted by molar-refractivity contribution is 7.92. The first-order chi connectivity index (χ1) is 18.5. The number of anilines is 4. The molecule has 1 saturated carbocycles. The molecule has 2 N–H and O–H groups in total. The van der Waals surface area contributed by atoms with Crippen LogP contribution in [0.3, 0.4) is 0 Å². The van der Waals surface area contributed by atoms with Crippen molar-refractivity contribution < 1.29 is 22.0 Å². The van der Waals surface area contributed by atoms with E-state index < -0.39 is 21.9 Å². The van der Waals surface area contributed by atoms with Gasteiger partial charge in [0.2, 0.25) is 10.0 Å². The van der Waals surface area contributed by atoms with Crippen LogP contribution < -0.4 is 19.8 Å². The topological polar surface area (TPSA) is 108 Å². The zero-order valence-electron chi connectivity index (χ0n) is 22.5. The summed E-state index contributed by atoms with van der Waals surface area (Å²) in [5, 5.41) is 2.91. The summed E-state index contributed by atoms with van der Waals surface area (Å²) < 4.78 is 54.5. The molecule has 1 aromatic heterocycles. The Morgan fingerprint density at radius 3 is 2.31 bits per heavy atom. The predicted octanol–water partition coefficient (Wildman–Crippen LogP) is 4.80. The van der Waals surface area contributed by atoms with Crippen LogP contribution in [0.25, 0.3) is 0 Å². The average molecular weight is 563 g/mol. The lowest BCUT2D eigenvalue weighted by molar-refractivity contribution is -0.0220. The van der Waals surface area contributed by atoms with Crippen molar-refractivity contribution in [2.45, 2.75) is 64.7 Å². The van der Waals surface area contributed by atoms with E-state index in [4.69, 9.17) is 0 Å². The number of hydrogen-bond acceptors (Lipinski definition) is 7. The summed E-state index contributed by atoms with van der Waals surface area (Å²) in [5.74, 6) is -2.71. The molecule has 3 fully saturated rings. The first-order valence-electron chi connectivity index (χ1n) is 13.6. The summed E-state index contributed by atoms with van der Waals surface area (Å²) in [6.45, 7) is 5.59. The standard InChI is InChI=1S/C27H36F2N6O3S/c1-3-14-39(37,38)33-22-18-30-23(24(32-22)35-10-6-26(4-5-26)7-11-35)25(36)31-20-15-19(2)16-21(17-20)34-12-8-27(28,29)9-13-34/h15-18H,3-14H2,1-2H3,(H,31,36)(H,32,33). The number of nitrogens with one attached hydrogen (secondary N) is 2. The van der Waals surface area contributed by atoms with Gasteiger partial charge in [-0.1, -0.05) is 6.92 Å². The minimum atomic E-state index is -3.57. The minimum absolute atomic E-state index is 0.0389. The van der Waals surface area contributed by atoms with E-state index in [9.17, 15) is 22.0 Å². The number of piperidine rings is 2. The molecular weight excluding hydrogens is 526 g/mol. The summed E-state index contributed by atoms with van der Waals surface area (Å²) in [7, 11) is -3.57. The number of hydrogen-bond donors (Lipinski definition) is 2. The molecule has 3 aliphatic rings. The Morgan fingerprint density at radius 2 is 1.67 bits per heavy atom. The summed E-state index contributed by atoms with van der Waals surface area (Å²) >= 11 is 0. The molecule has 0 bridgehead atoms. The molecule has 9 nitrogen and oxygen atoms in total. The Kier molecular flexibility index (Phi) is 7.43. The zero-order valence-corrected chi connectivity index (χ0v) is 23.3. The van der Waals surface area contributed by atoms with Crippen LogP contribution >= 0.6 is 0 Å². The fourth-order valence-corrected chi connectivity index (χ4v) is 6.51. The highest BCUT2D eigenvalue weighted by Gasteiger charge is 2.45. The van der Waals surface area contributed by atoms with Gasteiger partial charge < -0.3 is 15.1 Å². The zero-order chi connectivity index (χ0) is 27.8. The molecule has 0 atom stereocenters. The Labute approximate surface area is 228 Å². The fraction of sp³-hybridized carbons (Fsp3) is 0.593. The van der Waals surface area contributed by atoms with Crippen LogP contribution in [0.4, 0.5) is 31.8 Å². The molecule has 2 aliphatic heterocycles. The van der Waals surface area contributed by atoms with E-state index in [1.165, 1.54) is 19.0 Å². The largest absolute Gasteiger partial charge is 0.371 e. The number of sulfonamides is 1. The van der Waals surface area contributed by atoms with E-state index in [0.29, 0.717) is 36.4 Å². The summed E-state index contributed by atoms with van der Waals surface area (Å²) in [4.78, 5) is 26.3. The van der Waals surface area contributed by atoms with Gasteiger partial charge in [-0.3, -0.25) is 9.52 Å². The molecule has 5 rings (SSSR count). The molecule has 0 radical (unpaired) electrons. The Balaban J connectivity index is 1.39. The lowest BCUT2D eigenvalue weighted by atomic mass is 9.93. The van der Waals surface area contributed by atoms with Crippen molar-refractivity contribution in [2.75, 3.05) is 51.8 Å². The second-order valence-corrected chi connectivity index (χ2v) is 13.0. The Hall–Kier alpha value is -3.02.